The first-order chi connectivity index (χ1) is 8.45. The number of rotatable bonds is 6. The summed E-state index contributed by atoms with van der Waals surface area (Å²) in [5, 5.41) is 9.67. The molecule has 100 valence electrons. The van der Waals surface area contributed by atoms with E-state index in [1.165, 1.54) is 7.11 Å². The average Bonchev–Trinajstić information content (AvgIpc) is 2.28. The van der Waals surface area contributed by atoms with Crippen LogP contribution in [0.3, 0.4) is 0 Å². The number of hydrogen-bond donors (Lipinski definition) is 3. The van der Waals surface area contributed by atoms with Crippen molar-refractivity contribution < 1.29 is 14.6 Å². The van der Waals surface area contributed by atoms with Gasteiger partial charge in [-0.3, -0.25) is 4.79 Å². The highest BCUT2D eigenvalue weighted by molar-refractivity contribution is 5.99. The second kappa shape index (κ2) is 6.23. The van der Waals surface area contributed by atoms with Crippen LogP contribution in [0.4, 0.5) is 11.4 Å². The van der Waals surface area contributed by atoms with Gasteiger partial charge in [0.1, 0.15) is 0 Å². The molecule has 0 fully saturated rings. The number of ether oxygens (including phenoxy) is 1. The largest absolute Gasteiger partial charge is 0.399 e. The summed E-state index contributed by atoms with van der Waals surface area (Å²) >= 11 is 0. The van der Waals surface area contributed by atoms with Gasteiger partial charge >= 0.3 is 0 Å². The van der Waals surface area contributed by atoms with Crippen LogP contribution in [-0.4, -0.2) is 44.4 Å². The van der Waals surface area contributed by atoms with Crippen molar-refractivity contribution in [3.8, 4) is 0 Å². The Balaban J connectivity index is 2.93. The van der Waals surface area contributed by atoms with Gasteiger partial charge in [-0.2, -0.15) is 0 Å². The maximum Gasteiger partial charge on any atom is 0.250 e. The van der Waals surface area contributed by atoms with Gasteiger partial charge in [-0.05, 0) is 18.2 Å². The number of benzene rings is 1. The smallest absolute Gasteiger partial charge is 0.250 e. The zero-order chi connectivity index (χ0) is 13.7. The summed E-state index contributed by atoms with van der Waals surface area (Å²) < 4.78 is 4.85. The lowest BCUT2D eigenvalue weighted by atomic mass is 10.1. The molecule has 1 unspecified atom stereocenters. The fraction of sp³-hybridized carbons (Fsp3) is 0.417. The quantitative estimate of drug-likeness (QED) is 0.610. The van der Waals surface area contributed by atoms with E-state index >= 15 is 0 Å². The molecule has 0 saturated carbocycles. The summed E-state index contributed by atoms with van der Waals surface area (Å²) in [6.45, 7) is 0.538. The Hall–Kier alpha value is -1.79. The van der Waals surface area contributed by atoms with Gasteiger partial charge in [0.2, 0.25) is 0 Å². The molecule has 0 aliphatic carbocycles. The predicted octanol–water partition coefficient (Wildman–Crippen LogP) is -0.189. The van der Waals surface area contributed by atoms with Crippen LogP contribution in [0.15, 0.2) is 18.2 Å². The van der Waals surface area contributed by atoms with Gasteiger partial charge < -0.3 is 26.2 Å². The fourth-order valence-electron chi connectivity index (χ4n) is 1.73. The maximum atomic E-state index is 11.3. The van der Waals surface area contributed by atoms with Crippen molar-refractivity contribution in [2.75, 3.05) is 37.9 Å². The van der Waals surface area contributed by atoms with Crippen molar-refractivity contribution in [3.05, 3.63) is 23.8 Å². The molecule has 0 radical (unpaired) electrons. The first-order valence-corrected chi connectivity index (χ1v) is 5.53. The molecule has 1 amide bonds. The Morgan fingerprint density at radius 1 is 1.56 bits per heavy atom. The molecule has 0 bridgehead atoms. The van der Waals surface area contributed by atoms with E-state index in [-0.39, 0.29) is 6.61 Å². The number of anilines is 2. The van der Waals surface area contributed by atoms with Crippen LogP contribution < -0.4 is 16.4 Å². The first-order valence-electron chi connectivity index (χ1n) is 5.53. The number of likely N-dealkylation sites (N-methyl/N-ethyl adjacent to an activating group) is 1. The number of nitrogens with two attached hydrogens (primary N) is 2. The number of carbonyl (C=O) groups excluding carboxylic acids is 1. The molecule has 0 heterocycles. The van der Waals surface area contributed by atoms with E-state index in [1.54, 1.807) is 30.1 Å². The molecule has 0 spiro atoms. The van der Waals surface area contributed by atoms with E-state index in [0.29, 0.717) is 23.5 Å². The van der Waals surface area contributed by atoms with Crippen LogP contribution in [0.25, 0.3) is 0 Å². The minimum absolute atomic E-state index is 0.221. The molecular weight excluding hydrogens is 234 g/mol. The third-order valence-electron chi connectivity index (χ3n) is 2.54. The molecular formula is C12H19N3O3. The number of primary amides is 1. The predicted molar refractivity (Wildman–Crippen MR) is 70.5 cm³/mol. The molecule has 1 aromatic carbocycles. The first kappa shape index (κ1) is 14.3. The Bertz CT molecular complexity index is 423. The minimum atomic E-state index is -0.651. The Labute approximate surface area is 106 Å². The highest BCUT2D eigenvalue weighted by Crippen LogP contribution is 2.22. The van der Waals surface area contributed by atoms with E-state index in [2.05, 4.69) is 0 Å². The van der Waals surface area contributed by atoms with Gasteiger partial charge in [-0.25, -0.2) is 0 Å². The third kappa shape index (κ3) is 3.61. The van der Waals surface area contributed by atoms with E-state index < -0.39 is 12.0 Å². The SMILES string of the molecule is COCC(O)CN(C)c1cc(N)ccc1C(N)=O. The van der Waals surface area contributed by atoms with Gasteiger partial charge in [0.05, 0.1) is 24.0 Å². The molecule has 0 aliphatic heterocycles. The van der Waals surface area contributed by atoms with Crippen molar-refractivity contribution in [2.45, 2.75) is 6.10 Å². The Morgan fingerprint density at radius 2 is 2.22 bits per heavy atom. The minimum Gasteiger partial charge on any atom is -0.399 e. The zero-order valence-electron chi connectivity index (χ0n) is 10.6. The van der Waals surface area contributed by atoms with Crippen LogP contribution >= 0.6 is 0 Å². The van der Waals surface area contributed by atoms with Crippen LogP contribution in [0, 0.1) is 0 Å². The van der Waals surface area contributed by atoms with Crippen molar-refractivity contribution in [2.24, 2.45) is 5.73 Å². The molecule has 6 heteroatoms. The molecule has 6 nitrogen and oxygen atoms in total. The number of nitrogens with zero attached hydrogens (tertiary/aromatic N) is 1. The van der Waals surface area contributed by atoms with Gasteiger partial charge in [0.25, 0.3) is 5.91 Å². The molecule has 0 saturated heterocycles. The fourth-order valence-corrected chi connectivity index (χ4v) is 1.73. The summed E-state index contributed by atoms with van der Waals surface area (Å²) in [4.78, 5) is 13.0. The summed E-state index contributed by atoms with van der Waals surface area (Å²) in [5.74, 6) is -0.530. The topological polar surface area (TPSA) is 102 Å². The molecule has 0 aliphatic rings. The van der Waals surface area contributed by atoms with Crippen molar-refractivity contribution in [1.29, 1.82) is 0 Å². The molecule has 18 heavy (non-hydrogen) atoms. The summed E-state index contributed by atoms with van der Waals surface area (Å²) in [6.07, 6.45) is -0.651. The van der Waals surface area contributed by atoms with Gasteiger partial charge in [0.15, 0.2) is 0 Å². The van der Waals surface area contributed by atoms with Crippen molar-refractivity contribution in [3.63, 3.8) is 0 Å². The summed E-state index contributed by atoms with van der Waals surface area (Å²) in [6, 6.07) is 4.84. The lowest BCUT2D eigenvalue weighted by Gasteiger charge is -2.24. The second-order valence-electron chi connectivity index (χ2n) is 4.13. The van der Waals surface area contributed by atoms with Gasteiger partial charge in [0, 0.05) is 26.4 Å². The average molecular weight is 253 g/mol. The number of amides is 1. The number of methoxy groups -OCH3 is 1. The monoisotopic (exact) mass is 253 g/mol. The lowest BCUT2D eigenvalue weighted by Crippen LogP contribution is -2.33. The molecule has 1 atom stereocenters. The number of nitrogen functional groups attached to an aromatic ring is 1. The maximum absolute atomic E-state index is 11.3. The molecule has 5 N–H and O–H groups in total. The Kier molecular flexibility index (Phi) is 4.94. The highest BCUT2D eigenvalue weighted by Gasteiger charge is 2.15. The molecule has 0 aromatic heterocycles. The van der Waals surface area contributed by atoms with Crippen LogP contribution in [0.2, 0.25) is 0 Å². The van der Waals surface area contributed by atoms with E-state index in [4.69, 9.17) is 16.2 Å². The van der Waals surface area contributed by atoms with Crippen molar-refractivity contribution >= 4 is 17.3 Å². The number of aliphatic hydroxyl groups is 1. The third-order valence-corrected chi connectivity index (χ3v) is 2.54. The zero-order valence-corrected chi connectivity index (χ0v) is 10.6. The van der Waals surface area contributed by atoms with Gasteiger partial charge in [-0.15, -0.1) is 0 Å². The molecule has 1 aromatic rings. The standard InChI is InChI=1S/C12H19N3O3/c1-15(6-9(16)7-18-2)11-5-8(13)3-4-10(11)12(14)17/h3-5,9,16H,6-7,13H2,1-2H3,(H2,14,17). The van der Waals surface area contributed by atoms with E-state index in [0.717, 1.165) is 0 Å². The van der Waals surface area contributed by atoms with Crippen LogP contribution in [0.5, 0.6) is 0 Å². The van der Waals surface area contributed by atoms with E-state index in [1.807, 2.05) is 0 Å². The highest BCUT2D eigenvalue weighted by atomic mass is 16.5. The molecule has 1 rings (SSSR count). The normalized spacial score (nSPS) is 12.2. The summed E-state index contributed by atoms with van der Waals surface area (Å²) in [7, 11) is 3.26. The Morgan fingerprint density at radius 3 is 2.78 bits per heavy atom. The van der Waals surface area contributed by atoms with Gasteiger partial charge in [-0.1, -0.05) is 0 Å². The van der Waals surface area contributed by atoms with Crippen LogP contribution in [0.1, 0.15) is 10.4 Å². The van der Waals surface area contributed by atoms with E-state index in [9.17, 15) is 9.90 Å². The second-order valence-corrected chi connectivity index (χ2v) is 4.13. The summed E-state index contributed by atoms with van der Waals surface area (Å²) in [5.41, 5.74) is 12.5. The lowest BCUT2D eigenvalue weighted by molar-refractivity contribution is 0.0694. The van der Waals surface area contributed by atoms with Crippen molar-refractivity contribution in [1.82, 2.24) is 0 Å². The number of hydrogen-bond acceptors (Lipinski definition) is 5. The van der Waals surface area contributed by atoms with Crippen LogP contribution in [-0.2, 0) is 4.74 Å². The number of carbonyl (C=O) groups is 1. The number of aliphatic hydroxyl groups excluding tert-OH is 1.